The highest BCUT2D eigenvalue weighted by Gasteiger charge is 2.25. The molecule has 0 saturated heterocycles. The maximum atomic E-state index is 11.1. The molecule has 16 heavy (non-hydrogen) atoms. The summed E-state index contributed by atoms with van der Waals surface area (Å²) in [5.41, 5.74) is 6.78. The Hall–Kier alpha value is -1.39. The predicted octanol–water partition coefficient (Wildman–Crippen LogP) is 1.42. The van der Waals surface area contributed by atoms with Crippen molar-refractivity contribution in [2.24, 2.45) is 11.7 Å². The lowest BCUT2D eigenvalue weighted by molar-refractivity contribution is -0.143. The average molecular weight is 223 g/mol. The minimum atomic E-state index is -0.881. The lowest BCUT2D eigenvalue weighted by Gasteiger charge is -2.20. The van der Waals surface area contributed by atoms with Crippen LogP contribution in [-0.2, 0) is 9.53 Å². The summed E-state index contributed by atoms with van der Waals surface area (Å²) < 4.78 is 4.89. The van der Waals surface area contributed by atoms with Crippen LogP contribution in [0.25, 0.3) is 0 Å². The van der Waals surface area contributed by atoms with Gasteiger partial charge in [0.15, 0.2) is 0 Å². The maximum Gasteiger partial charge on any atom is 0.308 e. The second kappa shape index (κ2) is 6.25. The first-order valence-electron chi connectivity index (χ1n) is 5.19. The number of carboxylic acids is 1. The number of carboxylic acid groups (broad SMARTS) is 1. The summed E-state index contributed by atoms with van der Waals surface area (Å²) in [6.07, 6.45) is 0.419. The van der Waals surface area contributed by atoms with Crippen molar-refractivity contribution in [2.75, 3.05) is 13.7 Å². The number of rotatable bonds is 6. The largest absolute Gasteiger partial charge is 0.481 e. The molecule has 4 heteroatoms. The first-order chi connectivity index (χ1) is 7.66. The first-order valence-corrected chi connectivity index (χ1v) is 5.19. The van der Waals surface area contributed by atoms with Crippen LogP contribution in [0.15, 0.2) is 30.3 Å². The summed E-state index contributed by atoms with van der Waals surface area (Å²) >= 11 is 0. The van der Waals surface area contributed by atoms with E-state index in [1.807, 2.05) is 30.3 Å². The Morgan fingerprint density at radius 2 is 2.06 bits per heavy atom. The molecule has 0 fully saturated rings. The van der Waals surface area contributed by atoms with E-state index in [9.17, 15) is 4.79 Å². The number of nitrogens with two attached hydrogens (primary N) is 1. The van der Waals surface area contributed by atoms with Crippen LogP contribution in [0.5, 0.6) is 0 Å². The normalized spacial score (nSPS) is 14.4. The summed E-state index contributed by atoms with van der Waals surface area (Å²) in [6.45, 7) is 0.400. The minimum absolute atomic E-state index is 0.400. The van der Waals surface area contributed by atoms with Gasteiger partial charge in [-0.1, -0.05) is 30.3 Å². The van der Waals surface area contributed by atoms with Crippen LogP contribution in [0.4, 0.5) is 0 Å². The third kappa shape index (κ3) is 3.32. The third-order valence-electron chi connectivity index (χ3n) is 2.57. The Balaban J connectivity index is 2.75. The summed E-state index contributed by atoms with van der Waals surface area (Å²) in [6, 6.07) is 8.77. The number of carbonyl (C=O) groups is 1. The second-order valence-electron chi connectivity index (χ2n) is 3.66. The molecular formula is C12H17NO3. The monoisotopic (exact) mass is 223 g/mol. The van der Waals surface area contributed by atoms with E-state index >= 15 is 0 Å². The molecule has 0 aliphatic heterocycles. The van der Waals surface area contributed by atoms with Crippen LogP contribution in [0.1, 0.15) is 18.0 Å². The van der Waals surface area contributed by atoms with Crippen molar-refractivity contribution < 1.29 is 14.6 Å². The van der Waals surface area contributed by atoms with Gasteiger partial charge in [0.2, 0.25) is 0 Å². The van der Waals surface area contributed by atoms with Crippen LogP contribution < -0.4 is 5.73 Å². The van der Waals surface area contributed by atoms with Crippen LogP contribution in [-0.4, -0.2) is 24.8 Å². The van der Waals surface area contributed by atoms with Gasteiger partial charge >= 0.3 is 5.97 Å². The highest BCUT2D eigenvalue weighted by atomic mass is 16.5. The summed E-state index contributed by atoms with van der Waals surface area (Å²) in [5, 5.41) is 9.10. The lowest BCUT2D eigenvalue weighted by atomic mass is 9.91. The SMILES string of the molecule is COCCC(C(=O)O)[C@@H](N)c1ccccc1. The van der Waals surface area contributed by atoms with E-state index in [0.717, 1.165) is 5.56 Å². The number of benzene rings is 1. The summed E-state index contributed by atoms with van der Waals surface area (Å²) in [7, 11) is 1.55. The molecule has 0 heterocycles. The van der Waals surface area contributed by atoms with Gasteiger partial charge in [0.1, 0.15) is 0 Å². The van der Waals surface area contributed by atoms with Crippen molar-refractivity contribution in [1.82, 2.24) is 0 Å². The minimum Gasteiger partial charge on any atom is -0.481 e. The molecule has 1 aromatic carbocycles. The molecule has 1 aromatic rings. The molecule has 0 aromatic heterocycles. The van der Waals surface area contributed by atoms with Crippen molar-refractivity contribution in [3.05, 3.63) is 35.9 Å². The lowest BCUT2D eigenvalue weighted by Crippen LogP contribution is -2.29. The molecule has 0 radical (unpaired) electrons. The first kappa shape index (κ1) is 12.7. The topological polar surface area (TPSA) is 72.5 Å². The maximum absolute atomic E-state index is 11.1. The molecule has 3 N–H and O–H groups in total. The Morgan fingerprint density at radius 3 is 2.56 bits per heavy atom. The van der Waals surface area contributed by atoms with E-state index < -0.39 is 17.9 Å². The van der Waals surface area contributed by atoms with E-state index in [4.69, 9.17) is 15.6 Å². The fraction of sp³-hybridized carbons (Fsp3) is 0.417. The van der Waals surface area contributed by atoms with Gasteiger partial charge in [-0.25, -0.2) is 0 Å². The molecule has 0 spiro atoms. The van der Waals surface area contributed by atoms with Crippen molar-refractivity contribution >= 4 is 5.97 Å². The van der Waals surface area contributed by atoms with Gasteiger partial charge in [-0.3, -0.25) is 4.79 Å². The Morgan fingerprint density at radius 1 is 1.44 bits per heavy atom. The van der Waals surface area contributed by atoms with Crippen molar-refractivity contribution in [2.45, 2.75) is 12.5 Å². The van der Waals surface area contributed by atoms with E-state index in [-0.39, 0.29) is 0 Å². The number of aliphatic carboxylic acids is 1. The van der Waals surface area contributed by atoms with Crippen molar-refractivity contribution in [3.8, 4) is 0 Å². The molecule has 2 atom stereocenters. The fourth-order valence-electron chi connectivity index (χ4n) is 1.61. The molecule has 0 amide bonds. The second-order valence-corrected chi connectivity index (χ2v) is 3.66. The van der Waals surface area contributed by atoms with Crippen molar-refractivity contribution in [1.29, 1.82) is 0 Å². The number of hydrogen-bond acceptors (Lipinski definition) is 3. The molecule has 4 nitrogen and oxygen atoms in total. The van der Waals surface area contributed by atoms with Crippen LogP contribution in [0, 0.1) is 5.92 Å². The summed E-state index contributed by atoms with van der Waals surface area (Å²) in [4.78, 5) is 11.1. The number of hydrogen-bond donors (Lipinski definition) is 2. The zero-order valence-corrected chi connectivity index (χ0v) is 9.30. The van der Waals surface area contributed by atoms with E-state index in [1.165, 1.54) is 0 Å². The van der Waals surface area contributed by atoms with Gasteiger partial charge in [0.05, 0.1) is 5.92 Å². The van der Waals surface area contributed by atoms with E-state index in [0.29, 0.717) is 13.0 Å². The summed E-state index contributed by atoms with van der Waals surface area (Å²) in [5.74, 6) is -1.49. The van der Waals surface area contributed by atoms with Crippen LogP contribution >= 0.6 is 0 Å². The molecule has 0 saturated carbocycles. The van der Waals surface area contributed by atoms with E-state index in [2.05, 4.69) is 0 Å². The van der Waals surface area contributed by atoms with Crippen LogP contribution in [0.2, 0.25) is 0 Å². The molecule has 1 rings (SSSR count). The van der Waals surface area contributed by atoms with Gasteiger partial charge in [-0.15, -0.1) is 0 Å². The Kier molecular flexibility index (Phi) is 4.95. The molecule has 0 aliphatic rings. The Labute approximate surface area is 95.0 Å². The third-order valence-corrected chi connectivity index (χ3v) is 2.57. The predicted molar refractivity (Wildman–Crippen MR) is 61.0 cm³/mol. The molecule has 0 bridgehead atoms. The number of ether oxygens (including phenoxy) is 1. The van der Waals surface area contributed by atoms with Gasteiger partial charge < -0.3 is 15.6 Å². The molecule has 88 valence electrons. The quantitative estimate of drug-likeness (QED) is 0.765. The highest BCUT2D eigenvalue weighted by Crippen LogP contribution is 2.22. The zero-order valence-electron chi connectivity index (χ0n) is 9.30. The van der Waals surface area contributed by atoms with Gasteiger partial charge in [-0.2, -0.15) is 0 Å². The Bertz CT molecular complexity index is 326. The molecular weight excluding hydrogens is 206 g/mol. The number of methoxy groups -OCH3 is 1. The smallest absolute Gasteiger partial charge is 0.308 e. The molecule has 0 aliphatic carbocycles. The standard InChI is InChI=1S/C12H17NO3/c1-16-8-7-10(12(14)15)11(13)9-5-3-2-4-6-9/h2-6,10-11H,7-8,13H2,1H3,(H,14,15)/t10?,11-/m0/s1. The van der Waals surface area contributed by atoms with Crippen LogP contribution in [0.3, 0.4) is 0 Å². The zero-order chi connectivity index (χ0) is 12.0. The molecule has 1 unspecified atom stereocenters. The van der Waals surface area contributed by atoms with Gasteiger partial charge in [0, 0.05) is 19.8 Å². The average Bonchev–Trinajstić information content (AvgIpc) is 2.30. The van der Waals surface area contributed by atoms with Gasteiger partial charge in [-0.05, 0) is 12.0 Å². The van der Waals surface area contributed by atoms with E-state index in [1.54, 1.807) is 7.11 Å². The fourth-order valence-corrected chi connectivity index (χ4v) is 1.61. The van der Waals surface area contributed by atoms with Gasteiger partial charge in [0.25, 0.3) is 0 Å². The highest BCUT2D eigenvalue weighted by molar-refractivity contribution is 5.71. The van der Waals surface area contributed by atoms with Crippen molar-refractivity contribution in [3.63, 3.8) is 0 Å².